The van der Waals surface area contributed by atoms with Gasteiger partial charge in [0.05, 0.1) is 5.92 Å². The number of carboxylic acid groups (broad SMARTS) is 1. The van der Waals surface area contributed by atoms with Crippen LogP contribution in [0.15, 0.2) is 0 Å². The molecule has 3 N–H and O–H groups in total. The fraction of sp³-hybridized carbons (Fsp3) is 0.889. The predicted octanol–water partition coefficient (Wildman–Crippen LogP) is 0.315. The van der Waals surface area contributed by atoms with Gasteiger partial charge in [-0.1, -0.05) is 13.8 Å². The molecule has 78 valence electrons. The average molecular weight is 189 g/mol. The van der Waals surface area contributed by atoms with Crippen LogP contribution in [0.4, 0.5) is 0 Å². The zero-order valence-corrected chi connectivity index (χ0v) is 8.29. The molecule has 4 heteroatoms. The summed E-state index contributed by atoms with van der Waals surface area (Å²) in [6, 6.07) is 0. The van der Waals surface area contributed by atoms with Crippen LogP contribution >= 0.6 is 0 Å². The Labute approximate surface area is 79.0 Å². The molecule has 0 heterocycles. The molecule has 0 spiro atoms. The molecule has 0 aliphatic rings. The first-order valence-corrected chi connectivity index (χ1v) is 4.62. The van der Waals surface area contributed by atoms with Crippen LogP contribution in [0.3, 0.4) is 0 Å². The third kappa shape index (κ3) is 6.54. The number of hydrogen-bond acceptors (Lipinski definition) is 3. The van der Waals surface area contributed by atoms with E-state index in [0.717, 1.165) is 13.0 Å². The molecular weight excluding hydrogens is 170 g/mol. The monoisotopic (exact) mass is 189 g/mol. The van der Waals surface area contributed by atoms with Crippen molar-refractivity contribution in [3.05, 3.63) is 0 Å². The summed E-state index contributed by atoms with van der Waals surface area (Å²) in [5.41, 5.74) is 0. The molecule has 13 heavy (non-hydrogen) atoms. The Morgan fingerprint density at radius 2 is 2.00 bits per heavy atom. The Balaban J connectivity index is 3.39. The maximum atomic E-state index is 10.4. The van der Waals surface area contributed by atoms with Crippen LogP contribution in [0.25, 0.3) is 0 Å². The van der Waals surface area contributed by atoms with Crippen molar-refractivity contribution in [1.29, 1.82) is 0 Å². The number of aliphatic carboxylic acids is 1. The molecule has 4 nitrogen and oxygen atoms in total. The highest BCUT2D eigenvalue weighted by Gasteiger charge is 2.10. The maximum absolute atomic E-state index is 10.4. The summed E-state index contributed by atoms with van der Waals surface area (Å²) in [7, 11) is 0. The summed E-state index contributed by atoms with van der Waals surface area (Å²) in [5, 5.41) is 20.2. The van der Waals surface area contributed by atoms with Crippen molar-refractivity contribution < 1.29 is 15.0 Å². The predicted molar refractivity (Wildman–Crippen MR) is 50.5 cm³/mol. The van der Waals surface area contributed by atoms with Crippen LogP contribution in [-0.2, 0) is 4.79 Å². The second kappa shape index (κ2) is 6.86. The summed E-state index contributed by atoms with van der Waals surface area (Å²) in [4.78, 5) is 10.4. The first-order valence-electron chi connectivity index (χ1n) is 4.62. The largest absolute Gasteiger partial charge is 0.481 e. The Hall–Kier alpha value is -0.610. The Morgan fingerprint density at radius 1 is 1.38 bits per heavy atom. The number of carboxylic acids is 1. The molecule has 0 aromatic heterocycles. The third-order valence-electron chi connectivity index (χ3n) is 1.99. The molecule has 0 aliphatic heterocycles. The van der Waals surface area contributed by atoms with E-state index in [1.807, 2.05) is 6.92 Å². The van der Waals surface area contributed by atoms with E-state index >= 15 is 0 Å². The fourth-order valence-electron chi connectivity index (χ4n) is 0.956. The number of nitrogens with one attached hydrogen (secondary N) is 1. The molecule has 2 unspecified atom stereocenters. The van der Waals surface area contributed by atoms with Crippen LogP contribution in [0.1, 0.15) is 20.3 Å². The van der Waals surface area contributed by atoms with Crippen molar-refractivity contribution in [3.63, 3.8) is 0 Å². The van der Waals surface area contributed by atoms with E-state index in [4.69, 9.17) is 10.2 Å². The molecule has 0 radical (unpaired) electrons. The molecule has 0 aromatic rings. The van der Waals surface area contributed by atoms with Gasteiger partial charge in [0, 0.05) is 13.2 Å². The van der Waals surface area contributed by atoms with Gasteiger partial charge in [0.1, 0.15) is 0 Å². The van der Waals surface area contributed by atoms with Crippen molar-refractivity contribution in [2.75, 3.05) is 19.7 Å². The van der Waals surface area contributed by atoms with Crippen LogP contribution < -0.4 is 5.32 Å². The second-order valence-corrected chi connectivity index (χ2v) is 3.51. The minimum atomic E-state index is -0.776. The van der Waals surface area contributed by atoms with E-state index in [1.54, 1.807) is 6.92 Å². The average Bonchev–Trinajstić information content (AvgIpc) is 2.04. The number of carbonyl (C=O) groups is 1. The van der Waals surface area contributed by atoms with Gasteiger partial charge in [0.25, 0.3) is 0 Å². The lowest BCUT2D eigenvalue weighted by atomic mass is 10.1. The number of hydrogen-bond donors (Lipinski definition) is 3. The molecule has 0 saturated heterocycles. The molecule has 2 atom stereocenters. The smallest absolute Gasteiger partial charge is 0.307 e. The van der Waals surface area contributed by atoms with E-state index in [1.165, 1.54) is 0 Å². The van der Waals surface area contributed by atoms with E-state index in [2.05, 4.69) is 5.32 Å². The first-order chi connectivity index (χ1) is 6.07. The van der Waals surface area contributed by atoms with Gasteiger partial charge in [-0.3, -0.25) is 4.79 Å². The van der Waals surface area contributed by atoms with Gasteiger partial charge < -0.3 is 15.5 Å². The molecule has 0 amide bonds. The minimum absolute atomic E-state index is 0.192. The molecule has 0 aromatic carbocycles. The second-order valence-electron chi connectivity index (χ2n) is 3.51. The van der Waals surface area contributed by atoms with Crippen molar-refractivity contribution >= 4 is 5.97 Å². The van der Waals surface area contributed by atoms with Gasteiger partial charge in [-0.05, 0) is 18.9 Å². The summed E-state index contributed by atoms with van der Waals surface area (Å²) >= 11 is 0. The maximum Gasteiger partial charge on any atom is 0.307 e. The SMILES string of the molecule is CC(CCO)CNCC(C)C(=O)O. The number of aliphatic hydroxyl groups is 1. The Kier molecular flexibility index (Phi) is 6.54. The summed E-state index contributed by atoms with van der Waals surface area (Å²) in [6.07, 6.45) is 0.758. The number of aliphatic hydroxyl groups excluding tert-OH is 1. The summed E-state index contributed by atoms with van der Waals surface area (Å²) in [6.45, 7) is 5.14. The Morgan fingerprint density at radius 3 is 2.46 bits per heavy atom. The standard InChI is InChI=1S/C9H19NO3/c1-7(3-4-11)5-10-6-8(2)9(12)13/h7-8,10-11H,3-6H2,1-2H3,(H,12,13). The Bertz CT molecular complexity index is 150. The summed E-state index contributed by atoms with van der Waals surface area (Å²) < 4.78 is 0. The molecule has 0 rings (SSSR count). The molecular formula is C9H19NO3. The quantitative estimate of drug-likeness (QED) is 0.539. The minimum Gasteiger partial charge on any atom is -0.481 e. The summed E-state index contributed by atoms with van der Waals surface area (Å²) in [5.74, 6) is -0.727. The van der Waals surface area contributed by atoms with E-state index in [0.29, 0.717) is 12.5 Å². The zero-order valence-electron chi connectivity index (χ0n) is 8.29. The van der Waals surface area contributed by atoms with Crippen LogP contribution in [-0.4, -0.2) is 35.9 Å². The third-order valence-corrected chi connectivity index (χ3v) is 1.99. The fourth-order valence-corrected chi connectivity index (χ4v) is 0.956. The topological polar surface area (TPSA) is 69.6 Å². The lowest BCUT2D eigenvalue weighted by molar-refractivity contribution is -0.140. The van der Waals surface area contributed by atoms with Gasteiger partial charge in [-0.2, -0.15) is 0 Å². The van der Waals surface area contributed by atoms with Gasteiger partial charge in [-0.25, -0.2) is 0 Å². The molecule has 0 aliphatic carbocycles. The van der Waals surface area contributed by atoms with Crippen molar-refractivity contribution in [2.24, 2.45) is 11.8 Å². The van der Waals surface area contributed by atoms with E-state index < -0.39 is 5.97 Å². The lowest BCUT2D eigenvalue weighted by Crippen LogP contribution is -2.29. The van der Waals surface area contributed by atoms with Gasteiger partial charge in [-0.15, -0.1) is 0 Å². The molecule has 0 bridgehead atoms. The lowest BCUT2D eigenvalue weighted by Gasteiger charge is -2.12. The van der Waals surface area contributed by atoms with Crippen molar-refractivity contribution in [3.8, 4) is 0 Å². The first kappa shape index (κ1) is 12.4. The number of rotatable bonds is 7. The molecule has 0 fully saturated rings. The zero-order chi connectivity index (χ0) is 10.3. The van der Waals surface area contributed by atoms with Crippen LogP contribution in [0, 0.1) is 11.8 Å². The van der Waals surface area contributed by atoms with Crippen molar-refractivity contribution in [1.82, 2.24) is 5.32 Å². The normalized spacial score (nSPS) is 15.3. The van der Waals surface area contributed by atoms with Gasteiger partial charge >= 0.3 is 5.97 Å². The van der Waals surface area contributed by atoms with E-state index in [-0.39, 0.29) is 12.5 Å². The van der Waals surface area contributed by atoms with E-state index in [9.17, 15) is 4.79 Å². The molecule has 0 saturated carbocycles. The van der Waals surface area contributed by atoms with Gasteiger partial charge in [0.2, 0.25) is 0 Å². The van der Waals surface area contributed by atoms with Gasteiger partial charge in [0.15, 0.2) is 0 Å². The van der Waals surface area contributed by atoms with Crippen LogP contribution in [0.5, 0.6) is 0 Å². The highest BCUT2D eigenvalue weighted by Crippen LogP contribution is 1.99. The van der Waals surface area contributed by atoms with Crippen LogP contribution in [0.2, 0.25) is 0 Å². The highest BCUT2D eigenvalue weighted by molar-refractivity contribution is 5.69. The highest BCUT2D eigenvalue weighted by atomic mass is 16.4. The van der Waals surface area contributed by atoms with Crippen molar-refractivity contribution in [2.45, 2.75) is 20.3 Å².